The number of H-pyrrole nitrogens is 1. The molecule has 6 heteroatoms. The SMILES string of the molecule is Oc1[nH]c2ccccc2c1C=Nc1ccc(NC2CCOCC2)c(F)c1. The fourth-order valence-electron chi connectivity index (χ4n) is 3.18. The van der Waals surface area contributed by atoms with E-state index in [9.17, 15) is 9.50 Å². The number of anilines is 1. The molecule has 0 aliphatic carbocycles. The van der Waals surface area contributed by atoms with E-state index >= 15 is 0 Å². The van der Waals surface area contributed by atoms with Crippen LogP contribution in [0.25, 0.3) is 10.9 Å². The van der Waals surface area contributed by atoms with Crippen LogP contribution in [0.5, 0.6) is 5.88 Å². The Kier molecular flexibility index (Phi) is 4.58. The van der Waals surface area contributed by atoms with Crippen LogP contribution in [0.2, 0.25) is 0 Å². The Morgan fingerprint density at radius 1 is 1.19 bits per heavy atom. The first kappa shape index (κ1) is 16.6. The molecule has 1 aliphatic heterocycles. The normalized spacial score (nSPS) is 15.7. The monoisotopic (exact) mass is 353 g/mol. The van der Waals surface area contributed by atoms with E-state index in [2.05, 4.69) is 15.3 Å². The fraction of sp³-hybridized carbons (Fsp3) is 0.250. The summed E-state index contributed by atoms with van der Waals surface area (Å²) in [5, 5.41) is 14.1. The molecule has 2 heterocycles. The summed E-state index contributed by atoms with van der Waals surface area (Å²) in [6.45, 7) is 1.41. The second-order valence-corrected chi connectivity index (χ2v) is 6.39. The molecule has 5 nitrogen and oxygen atoms in total. The third kappa shape index (κ3) is 3.41. The van der Waals surface area contributed by atoms with E-state index in [1.54, 1.807) is 18.3 Å². The summed E-state index contributed by atoms with van der Waals surface area (Å²) in [7, 11) is 0. The quantitative estimate of drug-likeness (QED) is 0.611. The van der Waals surface area contributed by atoms with Gasteiger partial charge in [0.05, 0.1) is 16.9 Å². The van der Waals surface area contributed by atoms with E-state index in [4.69, 9.17) is 4.74 Å². The molecular formula is C20H20FN3O2. The maximum absolute atomic E-state index is 14.4. The Hall–Kier alpha value is -2.86. The van der Waals surface area contributed by atoms with Crippen molar-refractivity contribution in [3.8, 4) is 5.88 Å². The molecule has 0 amide bonds. The zero-order chi connectivity index (χ0) is 17.9. The van der Waals surface area contributed by atoms with Crippen LogP contribution in [-0.4, -0.2) is 35.6 Å². The van der Waals surface area contributed by atoms with Crippen LogP contribution in [0.3, 0.4) is 0 Å². The largest absolute Gasteiger partial charge is 0.494 e. The Labute approximate surface area is 150 Å². The smallest absolute Gasteiger partial charge is 0.198 e. The number of fused-ring (bicyclic) bond motifs is 1. The summed E-state index contributed by atoms with van der Waals surface area (Å²) < 4.78 is 19.7. The number of hydrogen-bond acceptors (Lipinski definition) is 4. The predicted octanol–water partition coefficient (Wildman–Crippen LogP) is 4.35. The van der Waals surface area contributed by atoms with E-state index in [0.717, 1.165) is 23.7 Å². The minimum absolute atomic E-state index is 0.0493. The minimum Gasteiger partial charge on any atom is -0.494 e. The molecule has 3 N–H and O–H groups in total. The molecular weight excluding hydrogens is 333 g/mol. The van der Waals surface area contributed by atoms with Crippen molar-refractivity contribution in [2.24, 2.45) is 4.99 Å². The lowest BCUT2D eigenvalue weighted by Crippen LogP contribution is -2.28. The number of nitrogens with one attached hydrogen (secondary N) is 2. The van der Waals surface area contributed by atoms with Crippen LogP contribution >= 0.6 is 0 Å². The molecule has 0 bridgehead atoms. The summed E-state index contributed by atoms with van der Waals surface area (Å²) in [6.07, 6.45) is 3.30. The minimum atomic E-state index is -0.339. The van der Waals surface area contributed by atoms with Crippen molar-refractivity contribution in [3.63, 3.8) is 0 Å². The molecule has 3 aromatic rings. The standard InChI is InChI=1S/C20H20FN3O2/c21-17-11-14(5-6-19(17)23-13-7-9-26-10-8-13)22-12-16-15-3-1-2-4-18(15)24-20(16)25/h1-6,11-13,23-25H,7-10H2. The number of rotatable bonds is 4. The maximum Gasteiger partial charge on any atom is 0.198 e. The zero-order valence-corrected chi connectivity index (χ0v) is 14.2. The van der Waals surface area contributed by atoms with Gasteiger partial charge in [-0.05, 0) is 31.0 Å². The van der Waals surface area contributed by atoms with Gasteiger partial charge in [-0.15, -0.1) is 0 Å². The van der Waals surface area contributed by atoms with Crippen LogP contribution in [0.4, 0.5) is 15.8 Å². The molecule has 4 rings (SSSR count). The number of benzene rings is 2. The highest BCUT2D eigenvalue weighted by Crippen LogP contribution is 2.27. The van der Waals surface area contributed by atoms with Gasteiger partial charge in [0.15, 0.2) is 5.88 Å². The average molecular weight is 353 g/mol. The lowest BCUT2D eigenvalue weighted by atomic mass is 10.1. The van der Waals surface area contributed by atoms with Gasteiger partial charge < -0.3 is 20.1 Å². The van der Waals surface area contributed by atoms with E-state index in [0.29, 0.717) is 30.2 Å². The number of nitrogens with zero attached hydrogens (tertiary/aromatic N) is 1. The Bertz CT molecular complexity index is 945. The van der Waals surface area contributed by atoms with Crippen LogP contribution in [0.15, 0.2) is 47.5 Å². The first-order valence-corrected chi connectivity index (χ1v) is 8.68. The van der Waals surface area contributed by atoms with Gasteiger partial charge in [0, 0.05) is 42.4 Å². The number of aliphatic imine (C=N–C) groups is 1. The summed E-state index contributed by atoms with van der Waals surface area (Å²) in [5.74, 6) is -0.289. The molecule has 2 aromatic carbocycles. The third-order valence-electron chi connectivity index (χ3n) is 4.60. The van der Waals surface area contributed by atoms with Gasteiger partial charge in [0.1, 0.15) is 5.82 Å². The van der Waals surface area contributed by atoms with Crippen molar-refractivity contribution in [1.29, 1.82) is 0 Å². The van der Waals surface area contributed by atoms with Gasteiger partial charge in [0.25, 0.3) is 0 Å². The number of halogens is 1. The molecule has 0 spiro atoms. The molecule has 26 heavy (non-hydrogen) atoms. The topological polar surface area (TPSA) is 69.6 Å². The molecule has 0 atom stereocenters. The molecule has 1 fully saturated rings. The van der Waals surface area contributed by atoms with Crippen molar-refractivity contribution < 1.29 is 14.2 Å². The predicted molar refractivity (Wildman–Crippen MR) is 101 cm³/mol. The average Bonchev–Trinajstić information content (AvgIpc) is 2.98. The summed E-state index contributed by atoms with van der Waals surface area (Å²) in [5.41, 5.74) is 2.38. The highest BCUT2D eigenvalue weighted by Gasteiger charge is 2.15. The lowest BCUT2D eigenvalue weighted by Gasteiger charge is -2.24. The van der Waals surface area contributed by atoms with Crippen molar-refractivity contribution in [2.45, 2.75) is 18.9 Å². The molecule has 0 unspecified atom stereocenters. The molecule has 0 radical (unpaired) electrons. The van der Waals surface area contributed by atoms with E-state index in [1.165, 1.54) is 6.07 Å². The molecule has 1 aliphatic rings. The summed E-state index contributed by atoms with van der Waals surface area (Å²) in [4.78, 5) is 7.21. The summed E-state index contributed by atoms with van der Waals surface area (Å²) >= 11 is 0. The van der Waals surface area contributed by atoms with Crippen LogP contribution in [-0.2, 0) is 4.74 Å². The zero-order valence-electron chi connectivity index (χ0n) is 14.2. The Morgan fingerprint density at radius 2 is 2.00 bits per heavy atom. The van der Waals surface area contributed by atoms with Gasteiger partial charge in [0.2, 0.25) is 0 Å². The van der Waals surface area contributed by atoms with E-state index in [-0.39, 0.29) is 17.7 Å². The Morgan fingerprint density at radius 3 is 2.81 bits per heavy atom. The molecule has 134 valence electrons. The molecule has 1 aromatic heterocycles. The van der Waals surface area contributed by atoms with Crippen molar-refractivity contribution in [1.82, 2.24) is 4.98 Å². The van der Waals surface area contributed by atoms with Crippen molar-refractivity contribution >= 4 is 28.5 Å². The number of aromatic amines is 1. The number of ether oxygens (including phenoxy) is 1. The second kappa shape index (κ2) is 7.17. The Balaban J connectivity index is 1.53. The van der Waals surface area contributed by atoms with Gasteiger partial charge in [-0.1, -0.05) is 18.2 Å². The highest BCUT2D eigenvalue weighted by molar-refractivity contribution is 6.02. The highest BCUT2D eigenvalue weighted by atomic mass is 19.1. The third-order valence-corrected chi connectivity index (χ3v) is 4.60. The van der Waals surface area contributed by atoms with Crippen molar-refractivity contribution in [2.75, 3.05) is 18.5 Å². The van der Waals surface area contributed by atoms with Crippen LogP contribution < -0.4 is 5.32 Å². The number of para-hydroxylation sites is 1. The molecule has 1 saturated heterocycles. The number of hydrogen-bond donors (Lipinski definition) is 3. The first-order valence-electron chi connectivity index (χ1n) is 8.68. The second-order valence-electron chi connectivity index (χ2n) is 6.39. The van der Waals surface area contributed by atoms with Gasteiger partial charge in [-0.25, -0.2) is 4.39 Å². The van der Waals surface area contributed by atoms with Crippen molar-refractivity contribution in [3.05, 3.63) is 53.8 Å². The van der Waals surface area contributed by atoms with E-state index in [1.807, 2.05) is 24.3 Å². The van der Waals surface area contributed by atoms with E-state index < -0.39 is 0 Å². The number of aromatic nitrogens is 1. The summed E-state index contributed by atoms with van der Waals surface area (Å²) in [6, 6.07) is 12.6. The van der Waals surface area contributed by atoms with Gasteiger partial charge >= 0.3 is 0 Å². The lowest BCUT2D eigenvalue weighted by molar-refractivity contribution is 0.0904. The first-order chi connectivity index (χ1) is 12.7. The van der Waals surface area contributed by atoms with Crippen LogP contribution in [0.1, 0.15) is 18.4 Å². The molecule has 0 saturated carbocycles. The fourth-order valence-corrected chi connectivity index (χ4v) is 3.18. The van der Waals surface area contributed by atoms with Gasteiger partial charge in [-0.3, -0.25) is 4.99 Å². The maximum atomic E-state index is 14.4. The van der Waals surface area contributed by atoms with Gasteiger partial charge in [-0.2, -0.15) is 0 Å². The number of aromatic hydroxyl groups is 1. The van der Waals surface area contributed by atoms with Crippen LogP contribution in [0, 0.1) is 5.82 Å².